The van der Waals surface area contributed by atoms with E-state index in [9.17, 15) is 19.5 Å². The lowest BCUT2D eigenvalue weighted by atomic mass is 10.0. The smallest absolute Gasteiger partial charge is 0.407 e. The average molecular weight is 743 g/mol. The lowest BCUT2D eigenvalue weighted by Crippen LogP contribution is -2.47. The molecule has 4 atom stereocenters. The van der Waals surface area contributed by atoms with E-state index in [1.807, 2.05) is 29.3 Å². The fourth-order valence-corrected chi connectivity index (χ4v) is 8.08. The second-order valence-electron chi connectivity index (χ2n) is 14.5. The molecule has 0 aliphatic carbocycles. The van der Waals surface area contributed by atoms with E-state index in [2.05, 4.69) is 94.4 Å². The van der Waals surface area contributed by atoms with Crippen molar-refractivity contribution in [2.24, 2.45) is 0 Å². The fraction of sp³-hybridized carbons (Fsp3) is 0.372. The van der Waals surface area contributed by atoms with Crippen LogP contribution in [0.25, 0.3) is 33.6 Å². The Morgan fingerprint density at radius 1 is 0.727 bits per heavy atom. The molecule has 0 radical (unpaired) electrons. The summed E-state index contributed by atoms with van der Waals surface area (Å²) in [6, 6.07) is 25.3. The number of H-pyrrole nitrogens is 2. The number of carboxylic acid groups (broad SMARTS) is 1. The molecule has 7 rings (SSSR count). The second kappa shape index (κ2) is 16.3. The van der Waals surface area contributed by atoms with Crippen LogP contribution in [0.2, 0.25) is 0 Å². The Kier molecular flexibility index (Phi) is 11.1. The first-order chi connectivity index (χ1) is 26.7. The number of aromatic amines is 2. The summed E-state index contributed by atoms with van der Waals surface area (Å²) in [5, 5.41) is 9.35. The molecule has 2 aliphatic heterocycles. The highest BCUT2D eigenvalue weighted by atomic mass is 16.4. The molecule has 0 bridgehead atoms. The van der Waals surface area contributed by atoms with Crippen molar-refractivity contribution in [2.45, 2.75) is 70.6 Å². The third kappa shape index (κ3) is 7.64. The zero-order valence-electron chi connectivity index (χ0n) is 32.0. The summed E-state index contributed by atoms with van der Waals surface area (Å²) in [5.41, 5.74) is 6.95. The molecule has 12 heteroatoms. The van der Waals surface area contributed by atoms with Gasteiger partial charge in [0.25, 0.3) is 0 Å². The Labute approximate surface area is 322 Å². The van der Waals surface area contributed by atoms with Crippen molar-refractivity contribution < 1.29 is 19.5 Å². The molecule has 12 nitrogen and oxygen atoms in total. The van der Waals surface area contributed by atoms with Gasteiger partial charge in [-0.3, -0.25) is 19.4 Å². The molecule has 3 N–H and O–H groups in total. The van der Waals surface area contributed by atoms with Gasteiger partial charge < -0.3 is 24.9 Å². The average Bonchev–Trinajstić information content (AvgIpc) is 4.06. The van der Waals surface area contributed by atoms with Gasteiger partial charge in [0.1, 0.15) is 23.7 Å². The standard InChI is InChI=1S/C43H50N8O4/c1-5-49(6-2)38(33-12-8-7-9-13-33)42(53)51-25-11-15-37(51)40-45-27-35(47-40)32-22-18-30(19-23-32)29-16-20-31(21-17-29)34-26-44-39(46-34)36-14-10-24-50(36)41(52)28(3)48(4)43(54)55/h7-9,12-13,16-23,26-28,36-38H,5-6,10-11,14-15,24-25H2,1-4H3,(H,44,46)(H,45,47)(H,54,55)/t28-,36+,37+,38-/m1/s1. The number of carbonyl (C=O) groups is 3. The molecular weight excluding hydrogens is 693 g/mol. The number of carbonyl (C=O) groups excluding carboxylic acids is 2. The number of rotatable bonds is 12. The van der Waals surface area contributed by atoms with Gasteiger partial charge in [-0.2, -0.15) is 0 Å². The molecule has 55 heavy (non-hydrogen) atoms. The molecule has 0 spiro atoms. The Balaban J connectivity index is 1.02. The van der Waals surface area contributed by atoms with Crippen LogP contribution < -0.4 is 0 Å². The molecule has 3 aromatic carbocycles. The van der Waals surface area contributed by atoms with Gasteiger partial charge >= 0.3 is 6.09 Å². The van der Waals surface area contributed by atoms with Gasteiger partial charge in [-0.1, -0.05) is 92.7 Å². The Morgan fingerprint density at radius 2 is 1.18 bits per heavy atom. The van der Waals surface area contributed by atoms with Crippen LogP contribution in [0.15, 0.2) is 91.3 Å². The summed E-state index contributed by atoms with van der Waals surface area (Å²) < 4.78 is 0. The zero-order valence-corrected chi connectivity index (χ0v) is 32.0. The predicted octanol–water partition coefficient (Wildman–Crippen LogP) is 7.54. The lowest BCUT2D eigenvalue weighted by molar-refractivity contribution is -0.138. The SMILES string of the molecule is CCN(CC)[C@@H](C(=O)N1CCC[C@H]1c1ncc(-c2ccc(-c3ccc(-c4cnc([C@@H]5CCCN5C(=O)[C@@H](C)N(C)C(=O)O)[nH]4)cc3)cc2)[nH]1)c1ccccc1. The van der Waals surface area contributed by atoms with Gasteiger partial charge in [0, 0.05) is 20.1 Å². The molecule has 2 aliphatic rings. The topological polar surface area (TPSA) is 142 Å². The number of likely N-dealkylation sites (N-methyl/N-ethyl adjacent to an activating group) is 2. The third-order valence-electron chi connectivity index (χ3n) is 11.4. The van der Waals surface area contributed by atoms with Crippen LogP contribution in [0.5, 0.6) is 0 Å². The van der Waals surface area contributed by atoms with Gasteiger partial charge in [0.2, 0.25) is 11.8 Å². The number of nitrogens with zero attached hydrogens (tertiary/aromatic N) is 6. The predicted molar refractivity (Wildman–Crippen MR) is 212 cm³/mol. The minimum absolute atomic E-state index is 0.0964. The molecular formula is C43H50N8O4. The van der Waals surface area contributed by atoms with Crippen molar-refractivity contribution in [3.05, 3.63) is 108 Å². The number of likely N-dealkylation sites (tertiary alicyclic amines) is 2. The fourth-order valence-electron chi connectivity index (χ4n) is 8.08. The minimum Gasteiger partial charge on any atom is -0.465 e. The van der Waals surface area contributed by atoms with Crippen molar-refractivity contribution in [1.82, 2.24) is 39.5 Å². The maximum absolute atomic E-state index is 14.2. The molecule has 4 heterocycles. The lowest BCUT2D eigenvalue weighted by Gasteiger charge is -2.34. The first-order valence-electron chi connectivity index (χ1n) is 19.3. The van der Waals surface area contributed by atoms with Gasteiger partial charge in [-0.15, -0.1) is 0 Å². The van der Waals surface area contributed by atoms with E-state index in [1.54, 1.807) is 18.0 Å². The molecule has 2 fully saturated rings. The van der Waals surface area contributed by atoms with Crippen LogP contribution >= 0.6 is 0 Å². The highest BCUT2D eigenvalue weighted by Gasteiger charge is 2.38. The molecule has 286 valence electrons. The molecule has 5 aromatic rings. The maximum atomic E-state index is 14.2. The summed E-state index contributed by atoms with van der Waals surface area (Å²) in [4.78, 5) is 62.2. The number of hydrogen-bond donors (Lipinski definition) is 3. The molecule has 0 unspecified atom stereocenters. The van der Waals surface area contributed by atoms with Crippen molar-refractivity contribution in [1.29, 1.82) is 0 Å². The Morgan fingerprint density at radius 3 is 1.64 bits per heavy atom. The number of imidazole rings is 2. The van der Waals surface area contributed by atoms with Crippen molar-refractivity contribution >= 4 is 17.9 Å². The second-order valence-corrected chi connectivity index (χ2v) is 14.5. The first-order valence-corrected chi connectivity index (χ1v) is 19.3. The monoisotopic (exact) mass is 742 g/mol. The maximum Gasteiger partial charge on any atom is 0.407 e. The number of benzene rings is 3. The van der Waals surface area contributed by atoms with Gasteiger partial charge in [-0.25, -0.2) is 14.8 Å². The Bertz CT molecular complexity index is 2090. The number of nitrogens with one attached hydrogen (secondary N) is 2. The molecule has 2 saturated heterocycles. The van der Waals surface area contributed by atoms with Crippen LogP contribution in [-0.4, -0.2) is 102 Å². The van der Waals surface area contributed by atoms with E-state index in [-0.39, 0.29) is 29.9 Å². The summed E-state index contributed by atoms with van der Waals surface area (Å²) in [5.74, 6) is 1.44. The molecule has 2 aromatic heterocycles. The molecule has 3 amide bonds. The normalized spacial score (nSPS) is 18.1. The van der Waals surface area contributed by atoms with E-state index in [0.717, 1.165) is 88.7 Å². The van der Waals surface area contributed by atoms with E-state index in [0.29, 0.717) is 18.9 Å². The summed E-state index contributed by atoms with van der Waals surface area (Å²) >= 11 is 0. The van der Waals surface area contributed by atoms with E-state index < -0.39 is 12.1 Å². The first kappa shape index (κ1) is 37.6. The van der Waals surface area contributed by atoms with Crippen LogP contribution in [0.4, 0.5) is 4.79 Å². The van der Waals surface area contributed by atoms with Gasteiger partial charge in [0.05, 0.1) is 35.9 Å². The minimum atomic E-state index is -1.13. The number of amides is 3. The van der Waals surface area contributed by atoms with Crippen LogP contribution in [0, 0.1) is 0 Å². The van der Waals surface area contributed by atoms with Crippen molar-refractivity contribution in [2.75, 3.05) is 33.2 Å². The van der Waals surface area contributed by atoms with E-state index >= 15 is 0 Å². The van der Waals surface area contributed by atoms with Crippen molar-refractivity contribution in [3.63, 3.8) is 0 Å². The summed E-state index contributed by atoms with van der Waals surface area (Å²) in [6.07, 6.45) is 5.94. The van der Waals surface area contributed by atoms with Crippen LogP contribution in [0.1, 0.15) is 81.8 Å². The highest BCUT2D eigenvalue weighted by molar-refractivity contribution is 5.85. The van der Waals surface area contributed by atoms with Gasteiger partial charge in [0.15, 0.2) is 0 Å². The quantitative estimate of drug-likeness (QED) is 0.120. The van der Waals surface area contributed by atoms with Gasteiger partial charge in [-0.05, 0) is 73.5 Å². The van der Waals surface area contributed by atoms with E-state index in [4.69, 9.17) is 4.98 Å². The number of aromatic nitrogens is 4. The number of hydrogen-bond acceptors (Lipinski definition) is 6. The van der Waals surface area contributed by atoms with E-state index in [1.165, 1.54) is 7.05 Å². The largest absolute Gasteiger partial charge is 0.465 e. The Hall–Kier alpha value is -5.75. The van der Waals surface area contributed by atoms with Crippen LogP contribution in [0.3, 0.4) is 0 Å². The molecule has 0 saturated carbocycles. The zero-order chi connectivity index (χ0) is 38.6. The third-order valence-corrected chi connectivity index (χ3v) is 11.4. The summed E-state index contributed by atoms with van der Waals surface area (Å²) in [7, 11) is 1.42. The van der Waals surface area contributed by atoms with Crippen LogP contribution in [-0.2, 0) is 9.59 Å². The highest BCUT2D eigenvalue weighted by Crippen LogP contribution is 2.36. The van der Waals surface area contributed by atoms with Crippen molar-refractivity contribution in [3.8, 4) is 33.6 Å². The summed E-state index contributed by atoms with van der Waals surface area (Å²) in [6.45, 7) is 8.69.